The van der Waals surface area contributed by atoms with E-state index in [1.807, 2.05) is 39.0 Å². The molecule has 0 heterocycles. The molecule has 0 aliphatic rings. The largest absolute Gasteiger partial charge is 0.337 e. The molecule has 0 aromatic heterocycles. The smallest absolute Gasteiger partial charge is 0.168 e. The van der Waals surface area contributed by atoms with Crippen molar-refractivity contribution in [3.05, 3.63) is 29.3 Å². The van der Waals surface area contributed by atoms with Crippen LogP contribution in [0.15, 0.2) is 18.2 Å². The fraction of sp³-hybridized carbons (Fsp3) is 0.400. The maximum atomic E-state index is 5.07. The van der Waals surface area contributed by atoms with Crippen molar-refractivity contribution < 1.29 is 9.78 Å². The zero-order valence-corrected chi connectivity index (χ0v) is 7.76. The zero-order valence-electron chi connectivity index (χ0n) is 7.76. The molecule has 0 saturated carbocycles. The van der Waals surface area contributed by atoms with Gasteiger partial charge in [-0.05, 0) is 38.0 Å². The lowest BCUT2D eigenvalue weighted by atomic mass is 10.1. The minimum atomic E-state index is 0.563. The van der Waals surface area contributed by atoms with Gasteiger partial charge in [0.1, 0.15) is 0 Å². The van der Waals surface area contributed by atoms with E-state index in [-0.39, 0.29) is 0 Å². The Bertz CT molecular complexity index is 256. The molecule has 0 aliphatic carbocycles. The fourth-order valence-corrected chi connectivity index (χ4v) is 0.919. The van der Waals surface area contributed by atoms with Gasteiger partial charge in [-0.15, -0.1) is 0 Å². The van der Waals surface area contributed by atoms with Gasteiger partial charge in [0.25, 0.3) is 0 Å². The highest BCUT2D eigenvalue weighted by Crippen LogP contribution is 2.18. The Kier molecular flexibility index (Phi) is 3.11. The van der Waals surface area contributed by atoms with Crippen molar-refractivity contribution in [1.82, 2.24) is 0 Å². The Labute approximate surface area is 73.0 Å². The lowest BCUT2D eigenvalue weighted by molar-refractivity contribution is -0.202. The summed E-state index contributed by atoms with van der Waals surface area (Å²) in [6.07, 6.45) is 0. The molecule has 0 amide bonds. The summed E-state index contributed by atoms with van der Waals surface area (Å²) in [6.45, 7) is 6.48. The molecule has 0 bridgehead atoms. The van der Waals surface area contributed by atoms with Crippen molar-refractivity contribution in [1.29, 1.82) is 0 Å². The van der Waals surface area contributed by atoms with E-state index in [1.54, 1.807) is 0 Å². The maximum Gasteiger partial charge on any atom is 0.168 e. The Morgan fingerprint density at radius 1 is 1.25 bits per heavy atom. The number of hydrogen-bond donors (Lipinski definition) is 0. The summed E-state index contributed by atoms with van der Waals surface area (Å²) in [5.74, 6) is 0.803. The Hall–Kier alpha value is -1.02. The number of hydrogen-bond acceptors (Lipinski definition) is 2. The second-order valence-electron chi connectivity index (χ2n) is 2.76. The molecule has 0 unspecified atom stereocenters. The van der Waals surface area contributed by atoms with E-state index in [1.165, 1.54) is 5.56 Å². The van der Waals surface area contributed by atoms with Gasteiger partial charge in [-0.3, -0.25) is 0 Å². The van der Waals surface area contributed by atoms with E-state index in [2.05, 4.69) is 0 Å². The molecule has 0 radical (unpaired) electrons. The average Bonchev–Trinajstić information content (AvgIpc) is 2.07. The van der Waals surface area contributed by atoms with Crippen LogP contribution in [0.5, 0.6) is 5.75 Å². The predicted octanol–water partition coefficient (Wildman–Crippen LogP) is 2.63. The van der Waals surface area contributed by atoms with Crippen LogP contribution in [0.1, 0.15) is 18.1 Å². The summed E-state index contributed by atoms with van der Waals surface area (Å²) < 4.78 is 0. The number of benzene rings is 1. The molecule has 1 aromatic carbocycles. The van der Waals surface area contributed by atoms with E-state index in [9.17, 15) is 0 Å². The van der Waals surface area contributed by atoms with Crippen LogP contribution in [-0.4, -0.2) is 6.61 Å². The summed E-state index contributed by atoms with van der Waals surface area (Å²) in [6, 6.07) is 6.03. The van der Waals surface area contributed by atoms with Crippen molar-refractivity contribution in [3.63, 3.8) is 0 Å². The summed E-state index contributed by atoms with van der Waals surface area (Å²) in [7, 11) is 0. The first kappa shape index (κ1) is 9.07. The maximum absolute atomic E-state index is 5.07. The van der Waals surface area contributed by atoms with Gasteiger partial charge in [0.15, 0.2) is 5.75 Å². The molecule has 2 heteroatoms. The molecular weight excluding hydrogens is 152 g/mol. The SMILES string of the molecule is CCOOc1cc(C)ccc1C. The highest BCUT2D eigenvalue weighted by atomic mass is 17.2. The van der Waals surface area contributed by atoms with E-state index in [0.717, 1.165) is 11.3 Å². The van der Waals surface area contributed by atoms with E-state index in [0.29, 0.717) is 6.61 Å². The highest BCUT2D eigenvalue weighted by Gasteiger charge is 1.99. The quantitative estimate of drug-likeness (QED) is 0.507. The number of aryl methyl sites for hydroxylation is 2. The molecule has 0 fully saturated rings. The minimum absolute atomic E-state index is 0.563. The molecule has 66 valence electrons. The van der Waals surface area contributed by atoms with Crippen LogP contribution in [0.4, 0.5) is 0 Å². The van der Waals surface area contributed by atoms with Crippen LogP contribution in [0, 0.1) is 13.8 Å². The number of rotatable bonds is 3. The van der Waals surface area contributed by atoms with Gasteiger partial charge in [0.05, 0.1) is 6.61 Å². The summed E-state index contributed by atoms with van der Waals surface area (Å²) in [5.41, 5.74) is 2.27. The first-order chi connectivity index (χ1) is 5.74. The molecule has 0 saturated heterocycles. The molecule has 0 atom stereocenters. The minimum Gasteiger partial charge on any atom is -0.337 e. The molecule has 1 rings (SSSR count). The van der Waals surface area contributed by atoms with E-state index >= 15 is 0 Å². The topological polar surface area (TPSA) is 18.5 Å². The summed E-state index contributed by atoms with van der Waals surface area (Å²) in [5, 5.41) is 0. The van der Waals surface area contributed by atoms with Crippen LogP contribution >= 0.6 is 0 Å². The second-order valence-corrected chi connectivity index (χ2v) is 2.76. The van der Waals surface area contributed by atoms with Gasteiger partial charge >= 0.3 is 0 Å². The second kappa shape index (κ2) is 4.12. The van der Waals surface area contributed by atoms with Crippen molar-refractivity contribution in [2.75, 3.05) is 6.61 Å². The molecule has 0 N–H and O–H groups in total. The Morgan fingerprint density at radius 2 is 2.00 bits per heavy atom. The fourth-order valence-electron chi connectivity index (χ4n) is 0.919. The normalized spacial score (nSPS) is 9.92. The van der Waals surface area contributed by atoms with Crippen LogP contribution in [0.3, 0.4) is 0 Å². The summed E-state index contributed by atoms with van der Waals surface area (Å²) in [4.78, 5) is 9.92. The van der Waals surface area contributed by atoms with Crippen LogP contribution in [0.2, 0.25) is 0 Å². The van der Waals surface area contributed by atoms with Gasteiger partial charge in [-0.1, -0.05) is 12.1 Å². The van der Waals surface area contributed by atoms with E-state index < -0.39 is 0 Å². The van der Waals surface area contributed by atoms with Gasteiger partial charge < -0.3 is 4.89 Å². The van der Waals surface area contributed by atoms with Gasteiger partial charge in [0.2, 0.25) is 0 Å². The molecule has 0 aliphatic heterocycles. The van der Waals surface area contributed by atoms with Crippen LogP contribution in [0.25, 0.3) is 0 Å². The molecule has 0 spiro atoms. The van der Waals surface area contributed by atoms with Crippen LogP contribution < -0.4 is 4.89 Å². The van der Waals surface area contributed by atoms with Crippen molar-refractivity contribution in [2.24, 2.45) is 0 Å². The third-order valence-electron chi connectivity index (χ3n) is 1.61. The molecule has 2 nitrogen and oxygen atoms in total. The van der Waals surface area contributed by atoms with E-state index in [4.69, 9.17) is 9.78 Å². The monoisotopic (exact) mass is 166 g/mol. The third kappa shape index (κ3) is 2.24. The Balaban J connectivity index is 2.75. The molecular formula is C10H14O2. The Morgan fingerprint density at radius 3 is 2.67 bits per heavy atom. The van der Waals surface area contributed by atoms with Gasteiger partial charge in [-0.2, -0.15) is 4.89 Å². The molecule has 1 aromatic rings. The highest BCUT2D eigenvalue weighted by molar-refractivity contribution is 5.35. The molecule has 12 heavy (non-hydrogen) atoms. The van der Waals surface area contributed by atoms with Gasteiger partial charge in [0, 0.05) is 0 Å². The van der Waals surface area contributed by atoms with Crippen LogP contribution in [-0.2, 0) is 4.89 Å². The summed E-state index contributed by atoms with van der Waals surface area (Å²) >= 11 is 0. The first-order valence-corrected chi connectivity index (χ1v) is 4.10. The van der Waals surface area contributed by atoms with Crippen molar-refractivity contribution >= 4 is 0 Å². The standard InChI is InChI=1S/C10H14O2/c1-4-11-12-10-7-8(2)5-6-9(10)3/h5-7H,4H2,1-3H3. The first-order valence-electron chi connectivity index (χ1n) is 4.10. The average molecular weight is 166 g/mol. The zero-order chi connectivity index (χ0) is 8.97. The van der Waals surface area contributed by atoms with Gasteiger partial charge in [-0.25, -0.2) is 0 Å². The lowest BCUT2D eigenvalue weighted by Gasteiger charge is -2.06. The van der Waals surface area contributed by atoms with Crippen molar-refractivity contribution in [2.45, 2.75) is 20.8 Å². The lowest BCUT2D eigenvalue weighted by Crippen LogP contribution is -1.97. The van der Waals surface area contributed by atoms with Crippen molar-refractivity contribution in [3.8, 4) is 5.75 Å². The predicted molar refractivity (Wildman–Crippen MR) is 48.2 cm³/mol. The third-order valence-corrected chi connectivity index (χ3v) is 1.61.